The van der Waals surface area contributed by atoms with Gasteiger partial charge in [-0.1, -0.05) is 0 Å². The fourth-order valence-electron chi connectivity index (χ4n) is 2.44. The molecule has 0 atom stereocenters. The first-order chi connectivity index (χ1) is 10.8. The minimum atomic E-state index is -3.93. The minimum absolute atomic E-state index is 0.211. The molecule has 23 heavy (non-hydrogen) atoms. The molecule has 1 aromatic rings. The highest BCUT2D eigenvalue weighted by Gasteiger charge is 2.37. The van der Waals surface area contributed by atoms with Crippen molar-refractivity contribution >= 4 is 21.7 Å². The number of halogens is 1. The molecule has 1 aromatic carbocycles. The number of hydrogen-bond donors (Lipinski definition) is 2. The SMILES string of the molecule is COC1(CS(=O)(=O)Nc2cc(C(=O)O)ccc2F)CCOCC1. The van der Waals surface area contributed by atoms with Crippen molar-refractivity contribution in [3.8, 4) is 0 Å². The summed E-state index contributed by atoms with van der Waals surface area (Å²) < 4.78 is 51.0. The number of aromatic carboxylic acids is 1. The summed E-state index contributed by atoms with van der Waals surface area (Å²) in [4.78, 5) is 10.9. The van der Waals surface area contributed by atoms with E-state index < -0.39 is 33.1 Å². The highest BCUT2D eigenvalue weighted by molar-refractivity contribution is 7.92. The summed E-state index contributed by atoms with van der Waals surface area (Å²) in [7, 11) is -2.51. The lowest BCUT2D eigenvalue weighted by molar-refractivity contribution is -0.0749. The molecule has 128 valence electrons. The van der Waals surface area contributed by atoms with E-state index in [1.165, 1.54) is 7.11 Å². The van der Waals surface area contributed by atoms with Crippen LogP contribution in [0.3, 0.4) is 0 Å². The Morgan fingerprint density at radius 2 is 2.09 bits per heavy atom. The lowest BCUT2D eigenvalue weighted by Crippen LogP contribution is -2.45. The van der Waals surface area contributed by atoms with Crippen molar-refractivity contribution in [3.05, 3.63) is 29.6 Å². The van der Waals surface area contributed by atoms with Crippen LogP contribution >= 0.6 is 0 Å². The molecule has 1 heterocycles. The maximum Gasteiger partial charge on any atom is 0.335 e. The molecule has 0 amide bonds. The van der Waals surface area contributed by atoms with Crippen LogP contribution in [-0.2, 0) is 19.5 Å². The van der Waals surface area contributed by atoms with Crippen LogP contribution in [0.5, 0.6) is 0 Å². The molecule has 1 aliphatic rings. The lowest BCUT2D eigenvalue weighted by Gasteiger charge is -2.35. The molecule has 0 radical (unpaired) electrons. The predicted octanol–water partition coefficient (Wildman–Crippen LogP) is 1.46. The fraction of sp³-hybridized carbons (Fsp3) is 0.500. The Balaban J connectivity index is 2.21. The van der Waals surface area contributed by atoms with Crippen LogP contribution in [-0.4, -0.2) is 51.2 Å². The van der Waals surface area contributed by atoms with E-state index in [1.54, 1.807) is 0 Å². The average molecular weight is 347 g/mol. The summed E-state index contributed by atoms with van der Waals surface area (Å²) in [6.45, 7) is 0.762. The Labute approximate surface area is 133 Å². The van der Waals surface area contributed by atoms with Crippen LogP contribution in [0.4, 0.5) is 10.1 Å². The standard InChI is InChI=1S/C14H18FNO6S/c1-21-14(4-6-22-7-5-14)9-23(19,20)16-12-8-10(13(17)18)2-3-11(12)15/h2-3,8,16H,4-7,9H2,1H3,(H,17,18). The van der Waals surface area contributed by atoms with Gasteiger partial charge in [0.2, 0.25) is 10.0 Å². The average Bonchev–Trinajstić information content (AvgIpc) is 2.49. The summed E-state index contributed by atoms with van der Waals surface area (Å²) in [5.41, 5.74) is -1.51. The van der Waals surface area contributed by atoms with Gasteiger partial charge < -0.3 is 14.6 Å². The Morgan fingerprint density at radius 1 is 1.43 bits per heavy atom. The zero-order valence-corrected chi connectivity index (χ0v) is 13.4. The molecule has 0 spiro atoms. The van der Waals surface area contributed by atoms with Crippen LogP contribution in [0.15, 0.2) is 18.2 Å². The van der Waals surface area contributed by atoms with E-state index in [0.29, 0.717) is 26.1 Å². The van der Waals surface area contributed by atoms with E-state index in [0.717, 1.165) is 18.2 Å². The Hall–Kier alpha value is -1.71. The van der Waals surface area contributed by atoms with Crippen molar-refractivity contribution in [2.24, 2.45) is 0 Å². The largest absolute Gasteiger partial charge is 0.478 e. The number of hydrogen-bond acceptors (Lipinski definition) is 5. The van der Waals surface area contributed by atoms with Gasteiger partial charge in [0.15, 0.2) is 0 Å². The van der Waals surface area contributed by atoms with Crippen LogP contribution in [0.1, 0.15) is 23.2 Å². The van der Waals surface area contributed by atoms with Gasteiger partial charge in [-0.3, -0.25) is 4.72 Å². The molecule has 1 aliphatic heterocycles. The molecule has 0 saturated carbocycles. The fourth-order valence-corrected chi connectivity index (χ4v) is 4.10. The third-order valence-electron chi connectivity index (χ3n) is 3.77. The first-order valence-electron chi connectivity index (χ1n) is 6.93. The van der Waals surface area contributed by atoms with E-state index in [4.69, 9.17) is 14.6 Å². The lowest BCUT2D eigenvalue weighted by atomic mass is 9.97. The topological polar surface area (TPSA) is 102 Å². The molecular formula is C14H18FNO6S. The highest BCUT2D eigenvalue weighted by Crippen LogP contribution is 2.27. The van der Waals surface area contributed by atoms with E-state index in [-0.39, 0.29) is 11.3 Å². The second-order valence-corrected chi connectivity index (χ2v) is 7.08. The smallest absolute Gasteiger partial charge is 0.335 e. The number of sulfonamides is 1. The first kappa shape index (κ1) is 17.6. The van der Waals surface area contributed by atoms with Crippen molar-refractivity contribution in [2.75, 3.05) is 30.8 Å². The van der Waals surface area contributed by atoms with Gasteiger partial charge >= 0.3 is 5.97 Å². The summed E-state index contributed by atoms with van der Waals surface area (Å²) in [6.07, 6.45) is 0.810. The number of methoxy groups -OCH3 is 1. The molecule has 1 saturated heterocycles. The third-order valence-corrected chi connectivity index (χ3v) is 5.21. The number of benzene rings is 1. The van der Waals surface area contributed by atoms with Crippen LogP contribution < -0.4 is 4.72 Å². The maximum atomic E-state index is 13.7. The molecule has 2 N–H and O–H groups in total. The number of anilines is 1. The second-order valence-electron chi connectivity index (χ2n) is 5.36. The van der Waals surface area contributed by atoms with Gasteiger partial charge in [0.25, 0.3) is 0 Å². The van der Waals surface area contributed by atoms with Gasteiger partial charge in [-0.15, -0.1) is 0 Å². The van der Waals surface area contributed by atoms with Crippen molar-refractivity contribution in [3.63, 3.8) is 0 Å². The molecule has 1 fully saturated rings. The van der Waals surface area contributed by atoms with Gasteiger partial charge in [0.05, 0.1) is 22.6 Å². The highest BCUT2D eigenvalue weighted by atomic mass is 32.2. The number of carbonyl (C=O) groups is 1. The molecule has 2 rings (SSSR count). The molecule has 0 bridgehead atoms. The zero-order valence-electron chi connectivity index (χ0n) is 12.5. The number of nitrogens with one attached hydrogen (secondary N) is 1. The van der Waals surface area contributed by atoms with Gasteiger partial charge in [0, 0.05) is 33.2 Å². The van der Waals surface area contributed by atoms with E-state index in [9.17, 15) is 17.6 Å². The van der Waals surface area contributed by atoms with E-state index >= 15 is 0 Å². The van der Waals surface area contributed by atoms with Crippen molar-refractivity contribution in [2.45, 2.75) is 18.4 Å². The van der Waals surface area contributed by atoms with Crippen LogP contribution in [0.2, 0.25) is 0 Å². The quantitative estimate of drug-likeness (QED) is 0.808. The van der Waals surface area contributed by atoms with Crippen molar-refractivity contribution in [1.29, 1.82) is 0 Å². The summed E-state index contributed by atoms with van der Waals surface area (Å²) in [6, 6.07) is 2.91. The first-order valence-corrected chi connectivity index (χ1v) is 8.58. The molecule has 0 unspecified atom stereocenters. The Kier molecular flexibility index (Phi) is 5.23. The van der Waals surface area contributed by atoms with Gasteiger partial charge in [-0.05, 0) is 18.2 Å². The number of carboxylic acids is 1. The summed E-state index contributed by atoms with van der Waals surface area (Å²) >= 11 is 0. The van der Waals surface area contributed by atoms with Gasteiger partial charge in [0.1, 0.15) is 5.82 Å². The minimum Gasteiger partial charge on any atom is -0.478 e. The van der Waals surface area contributed by atoms with Crippen molar-refractivity contribution in [1.82, 2.24) is 0 Å². The number of rotatable bonds is 6. The van der Waals surface area contributed by atoms with Crippen LogP contribution in [0, 0.1) is 5.82 Å². The van der Waals surface area contributed by atoms with Crippen molar-refractivity contribution < 1.29 is 32.2 Å². The Morgan fingerprint density at radius 3 is 2.65 bits per heavy atom. The monoisotopic (exact) mass is 347 g/mol. The predicted molar refractivity (Wildman–Crippen MR) is 80.6 cm³/mol. The molecule has 9 heteroatoms. The van der Waals surface area contributed by atoms with E-state index in [1.807, 2.05) is 0 Å². The van der Waals surface area contributed by atoms with Crippen LogP contribution in [0.25, 0.3) is 0 Å². The molecule has 0 aliphatic carbocycles. The van der Waals surface area contributed by atoms with Gasteiger partial charge in [-0.25, -0.2) is 17.6 Å². The zero-order chi connectivity index (χ0) is 17.1. The normalized spacial score (nSPS) is 17.7. The maximum absolute atomic E-state index is 13.7. The van der Waals surface area contributed by atoms with E-state index in [2.05, 4.69) is 4.72 Å². The Bertz CT molecular complexity index is 685. The summed E-state index contributed by atoms with van der Waals surface area (Å²) in [5, 5.41) is 8.91. The molecular weight excluding hydrogens is 329 g/mol. The number of ether oxygens (including phenoxy) is 2. The second kappa shape index (κ2) is 6.81. The summed E-state index contributed by atoms with van der Waals surface area (Å²) in [5.74, 6) is -2.49. The third kappa shape index (κ3) is 4.40. The molecule has 0 aromatic heterocycles. The molecule has 7 nitrogen and oxygen atoms in total. The van der Waals surface area contributed by atoms with Gasteiger partial charge in [-0.2, -0.15) is 0 Å². The number of carboxylic acid groups (broad SMARTS) is 1.